The quantitative estimate of drug-likeness (QED) is 0.875. The molecule has 0 saturated carbocycles. The summed E-state index contributed by atoms with van der Waals surface area (Å²) in [6.07, 6.45) is 0. The second kappa shape index (κ2) is 6.61. The second-order valence-electron chi connectivity index (χ2n) is 4.16. The zero-order valence-corrected chi connectivity index (χ0v) is 12.6. The summed E-state index contributed by atoms with van der Waals surface area (Å²) in [6, 6.07) is 0.290. The van der Waals surface area contributed by atoms with Gasteiger partial charge in [-0.15, -0.1) is 5.10 Å². The van der Waals surface area contributed by atoms with Crippen LogP contribution in [0.1, 0.15) is 25.6 Å². The van der Waals surface area contributed by atoms with Crippen molar-refractivity contribution in [2.24, 2.45) is 13.0 Å². The van der Waals surface area contributed by atoms with Crippen LogP contribution >= 0.6 is 27.7 Å². The fourth-order valence-corrected chi connectivity index (χ4v) is 3.20. The van der Waals surface area contributed by atoms with E-state index in [1.54, 1.807) is 0 Å². The molecule has 0 aromatic carbocycles. The minimum atomic E-state index is 0.290. The molecule has 0 radical (unpaired) electrons. The molecule has 92 valence electrons. The van der Waals surface area contributed by atoms with Crippen molar-refractivity contribution in [1.29, 1.82) is 0 Å². The average molecular weight is 307 g/mol. The van der Waals surface area contributed by atoms with Crippen molar-refractivity contribution >= 4 is 27.7 Å². The summed E-state index contributed by atoms with van der Waals surface area (Å²) >= 11 is 5.39. The van der Waals surface area contributed by atoms with Crippen LogP contribution in [-0.4, -0.2) is 33.5 Å². The van der Waals surface area contributed by atoms with E-state index in [1.165, 1.54) is 5.75 Å². The van der Waals surface area contributed by atoms with Crippen LogP contribution in [0.3, 0.4) is 0 Å². The van der Waals surface area contributed by atoms with Crippen LogP contribution in [-0.2, 0) is 7.05 Å². The van der Waals surface area contributed by atoms with E-state index in [2.05, 4.69) is 45.4 Å². The number of nitrogens with one attached hydrogen (secondary N) is 1. The van der Waals surface area contributed by atoms with E-state index < -0.39 is 0 Å². The van der Waals surface area contributed by atoms with Gasteiger partial charge in [0.25, 0.3) is 0 Å². The van der Waals surface area contributed by atoms with Crippen LogP contribution in [0.5, 0.6) is 0 Å². The first-order chi connectivity index (χ1) is 7.56. The maximum atomic E-state index is 4.01. The summed E-state index contributed by atoms with van der Waals surface area (Å²) in [7, 11) is 3.89. The lowest BCUT2D eigenvalue weighted by molar-refractivity contribution is 0.578. The van der Waals surface area contributed by atoms with Crippen LogP contribution in [0.4, 0.5) is 0 Å². The first kappa shape index (κ1) is 14.0. The smallest absolute Gasteiger partial charge is 0.153 e. The first-order valence-electron chi connectivity index (χ1n) is 5.36. The van der Waals surface area contributed by atoms with Crippen LogP contribution < -0.4 is 5.32 Å². The van der Waals surface area contributed by atoms with Crippen LogP contribution in [0.25, 0.3) is 0 Å². The normalized spacial score (nSPS) is 13.4. The van der Waals surface area contributed by atoms with Gasteiger partial charge < -0.3 is 5.32 Å². The highest BCUT2D eigenvalue weighted by molar-refractivity contribution is 9.10. The molecule has 1 aromatic rings. The fourth-order valence-electron chi connectivity index (χ4n) is 1.43. The summed E-state index contributed by atoms with van der Waals surface area (Å²) in [5.74, 6) is 2.95. The van der Waals surface area contributed by atoms with Crippen molar-refractivity contribution in [3.8, 4) is 0 Å². The van der Waals surface area contributed by atoms with E-state index in [-0.39, 0.29) is 6.04 Å². The highest BCUT2D eigenvalue weighted by atomic mass is 79.9. The number of hydrogen-bond donors (Lipinski definition) is 1. The molecule has 0 bridgehead atoms. The molecule has 1 aromatic heterocycles. The van der Waals surface area contributed by atoms with Gasteiger partial charge in [0.15, 0.2) is 4.60 Å². The molecule has 16 heavy (non-hydrogen) atoms. The largest absolute Gasteiger partial charge is 0.311 e. The zero-order chi connectivity index (χ0) is 12.1. The van der Waals surface area contributed by atoms with Crippen molar-refractivity contribution in [1.82, 2.24) is 20.3 Å². The number of hydrogen-bond acceptors (Lipinski definition) is 4. The monoisotopic (exact) mass is 306 g/mol. The Bertz CT molecular complexity index is 307. The van der Waals surface area contributed by atoms with Gasteiger partial charge in [-0.05, 0) is 34.6 Å². The molecular weight excluding hydrogens is 288 g/mol. The van der Waals surface area contributed by atoms with Gasteiger partial charge in [-0.3, -0.25) is 0 Å². The number of rotatable bonds is 6. The lowest BCUT2D eigenvalue weighted by Gasteiger charge is -2.16. The number of aromatic nitrogens is 3. The van der Waals surface area contributed by atoms with Crippen LogP contribution in [0.15, 0.2) is 4.60 Å². The molecule has 4 nitrogen and oxygen atoms in total. The zero-order valence-electron chi connectivity index (χ0n) is 10.2. The summed E-state index contributed by atoms with van der Waals surface area (Å²) < 4.78 is 2.65. The highest BCUT2D eigenvalue weighted by Crippen LogP contribution is 2.24. The lowest BCUT2D eigenvalue weighted by Crippen LogP contribution is -2.22. The Labute approximate surface area is 110 Å². The molecule has 6 heteroatoms. The molecule has 1 unspecified atom stereocenters. The van der Waals surface area contributed by atoms with E-state index in [9.17, 15) is 0 Å². The predicted molar refractivity (Wildman–Crippen MR) is 72.7 cm³/mol. The van der Waals surface area contributed by atoms with Gasteiger partial charge in [-0.25, -0.2) is 4.68 Å². The van der Waals surface area contributed by atoms with Crippen LogP contribution in [0.2, 0.25) is 0 Å². The Hall–Kier alpha value is -0.0700. The summed E-state index contributed by atoms with van der Waals surface area (Å²) in [5, 5.41) is 11.3. The summed E-state index contributed by atoms with van der Waals surface area (Å²) in [6.45, 7) is 4.48. The minimum absolute atomic E-state index is 0.290. The molecular formula is C10H19BrN4S. The van der Waals surface area contributed by atoms with Gasteiger partial charge in [0.05, 0.1) is 11.7 Å². The lowest BCUT2D eigenvalue weighted by atomic mass is 10.2. The Morgan fingerprint density at radius 1 is 1.44 bits per heavy atom. The second-order valence-corrected chi connectivity index (χ2v) is 5.99. The van der Waals surface area contributed by atoms with E-state index in [4.69, 9.17) is 0 Å². The Balaban J connectivity index is 2.61. The average Bonchev–Trinajstić information content (AvgIpc) is 2.54. The SMILES string of the molecule is CNC(CSCC(C)C)c1c(Br)nnn1C. The van der Waals surface area contributed by atoms with Gasteiger partial charge in [-0.2, -0.15) is 11.8 Å². The van der Waals surface area contributed by atoms with Crippen molar-refractivity contribution < 1.29 is 0 Å². The van der Waals surface area contributed by atoms with Gasteiger partial charge in [0, 0.05) is 12.8 Å². The molecule has 1 N–H and O–H groups in total. The third kappa shape index (κ3) is 3.75. The third-order valence-electron chi connectivity index (χ3n) is 2.24. The number of aryl methyl sites for hydroxylation is 1. The molecule has 0 spiro atoms. The molecule has 0 aliphatic carbocycles. The van der Waals surface area contributed by atoms with Crippen molar-refractivity contribution in [3.63, 3.8) is 0 Å². The highest BCUT2D eigenvalue weighted by Gasteiger charge is 2.18. The van der Waals surface area contributed by atoms with Gasteiger partial charge in [0.1, 0.15) is 0 Å². The molecule has 0 fully saturated rings. The van der Waals surface area contributed by atoms with E-state index in [1.807, 2.05) is 30.5 Å². The van der Waals surface area contributed by atoms with Crippen LogP contribution in [0, 0.1) is 5.92 Å². The van der Waals surface area contributed by atoms with Crippen molar-refractivity contribution in [3.05, 3.63) is 10.3 Å². The number of nitrogens with zero attached hydrogens (tertiary/aromatic N) is 3. The standard InChI is InChI=1S/C10H19BrN4S/c1-7(2)5-16-6-8(12-3)9-10(11)13-14-15(9)4/h7-8,12H,5-6H2,1-4H3. The summed E-state index contributed by atoms with van der Waals surface area (Å²) in [5.41, 5.74) is 1.11. The molecule has 1 heterocycles. The maximum absolute atomic E-state index is 4.01. The van der Waals surface area contributed by atoms with E-state index in [0.717, 1.165) is 22.0 Å². The molecule has 1 atom stereocenters. The third-order valence-corrected chi connectivity index (χ3v) is 4.28. The van der Waals surface area contributed by atoms with E-state index in [0.29, 0.717) is 0 Å². The van der Waals surface area contributed by atoms with Crippen molar-refractivity contribution in [2.45, 2.75) is 19.9 Å². The number of thioether (sulfide) groups is 1. The fraction of sp³-hybridized carbons (Fsp3) is 0.800. The van der Waals surface area contributed by atoms with Gasteiger partial charge >= 0.3 is 0 Å². The topological polar surface area (TPSA) is 42.7 Å². The van der Waals surface area contributed by atoms with E-state index >= 15 is 0 Å². The molecule has 0 aliphatic rings. The predicted octanol–water partition coefficient (Wildman–Crippen LogP) is 2.23. The number of halogens is 1. The van der Waals surface area contributed by atoms with Gasteiger partial charge in [-0.1, -0.05) is 19.1 Å². The maximum Gasteiger partial charge on any atom is 0.153 e. The Morgan fingerprint density at radius 2 is 2.12 bits per heavy atom. The Kier molecular flexibility index (Phi) is 5.78. The minimum Gasteiger partial charge on any atom is -0.311 e. The molecule has 0 aliphatic heterocycles. The molecule has 0 saturated heterocycles. The molecule has 0 amide bonds. The Morgan fingerprint density at radius 3 is 2.56 bits per heavy atom. The van der Waals surface area contributed by atoms with Crippen molar-refractivity contribution in [2.75, 3.05) is 18.6 Å². The molecule has 1 rings (SSSR count). The van der Waals surface area contributed by atoms with Gasteiger partial charge in [0.2, 0.25) is 0 Å². The summed E-state index contributed by atoms with van der Waals surface area (Å²) in [4.78, 5) is 0. The first-order valence-corrected chi connectivity index (χ1v) is 7.31.